The Morgan fingerprint density at radius 2 is 2.08 bits per heavy atom. The van der Waals surface area contributed by atoms with Gasteiger partial charge in [0.2, 0.25) is 11.9 Å². The number of hydrogen-bond donors (Lipinski definition) is 0. The van der Waals surface area contributed by atoms with Crippen LogP contribution in [-0.4, -0.2) is 41.0 Å². The molecule has 1 saturated heterocycles. The SMILES string of the molecule is CN1CN(c2ncccn2)CC1=O. The molecule has 1 aliphatic heterocycles. The number of nitrogens with zero attached hydrogens (tertiary/aromatic N) is 4. The summed E-state index contributed by atoms with van der Waals surface area (Å²) in [7, 11) is 1.77. The van der Waals surface area contributed by atoms with E-state index in [1.807, 2.05) is 4.90 Å². The second kappa shape index (κ2) is 3.01. The van der Waals surface area contributed by atoms with Crippen molar-refractivity contribution in [1.29, 1.82) is 0 Å². The van der Waals surface area contributed by atoms with Gasteiger partial charge in [-0.15, -0.1) is 0 Å². The van der Waals surface area contributed by atoms with Gasteiger partial charge in [-0.3, -0.25) is 4.79 Å². The van der Waals surface area contributed by atoms with Gasteiger partial charge in [-0.1, -0.05) is 0 Å². The maximum atomic E-state index is 11.2. The summed E-state index contributed by atoms with van der Waals surface area (Å²) in [4.78, 5) is 22.8. The van der Waals surface area contributed by atoms with Gasteiger partial charge in [0.25, 0.3) is 0 Å². The first-order valence-corrected chi connectivity index (χ1v) is 4.03. The van der Waals surface area contributed by atoms with Gasteiger partial charge in [0.1, 0.15) is 6.54 Å². The fourth-order valence-electron chi connectivity index (χ4n) is 1.26. The van der Waals surface area contributed by atoms with Gasteiger partial charge in [-0.25, -0.2) is 9.97 Å². The molecule has 0 radical (unpaired) electrons. The van der Waals surface area contributed by atoms with Crippen LogP contribution in [0.4, 0.5) is 5.95 Å². The Hall–Kier alpha value is -1.65. The Morgan fingerprint density at radius 1 is 1.38 bits per heavy atom. The molecule has 0 atom stereocenters. The van der Waals surface area contributed by atoms with Crippen LogP contribution < -0.4 is 4.90 Å². The molecule has 5 heteroatoms. The van der Waals surface area contributed by atoms with Crippen LogP contribution in [0.1, 0.15) is 0 Å². The molecule has 5 nitrogen and oxygen atoms in total. The lowest BCUT2D eigenvalue weighted by Crippen LogP contribution is -2.24. The van der Waals surface area contributed by atoms with Crippen molar-refractivity contribution in [3.63, 3.8) is 0 Å². The average molecular weight is 178 g/mol. The van der Waals surface area contributed by atoms with Gasteiger partial charge in [-0.05, 0) is 6.07 Å². The van der Waals surface area contributed by atoms with E-state index in [9.17, 15) is 4.79 Å². The fraction of sp³-hybridized carbons (Fsp3) is 0.375. The highest BCUT2D eigenvalue weighted by Crippen LogP contribution is 2.10. The summed E-state index contributed by atoms with van der Waals surface area (Å²) in [6.07, 6.45) is 3.34. The van der Waals surface area contributed by atoms with E-state index in [4.69, 9.17) is 0 Å². The van der Waals surface area contributed by atoms with Crippen LogP contribution >= 0.6 is 0 Å². The van der Waals surface area contributed by atoms with Crippen molar-refractivity contribution in [2.45, 2.75) is 0 Å². The lowest BCUT2D eigenvalue weighted by molar-refractivity contribution is -0.125. The third-order valence-corrected chi connectivity index (χ3v) is 1.97. The van der Waals surface area contributed by atoms with Crippen LogP contribution in [0.2, 0.25) is 0 Å². The first kappa shape index (κ1) is 7.97. The van der Waals surface area contributed by atoms with E-state index in [1.165, 1.54) is 0 Å². The summed E-state index contributed by atoms with van der Waals surface area (Å²) in [5.41, 5.74) is 0. The minimum Gasteiger partial charge on any atom is -0.326 e. The van der Waals surface area contributed by atoms with Crippen molar-refractivity contribution in [2.24, 2.45) is 0 Å². The van der Waals surface area contributed by atoms with E-state index in [2.05, 4.69) is 9.97 Å². The number of anilines is 1. The molecule has 2 rings (SSSR count). The van der Waals surface area contributed by atoms with E-state index in [0.717, 1.165) is 0 Å². The number of rotatable bonds is 1. The number of aromatic nitrogens is 2. The lowest BCUT2D eigenvalue weighted by atomic mass is 10.6. The maximum Gasteiger partial charge on any atom is 0.243 e. The highest BCUT2D eigenvalue weighted by atomic mass is 16.2. The molecule has 0 aliphatic carbocycles. The van der Waals surface area contributed by atoms with E-state index in [0.29, 0.717) is 19.2 Å². The summed E-state index contributed by atoms with van der Waals surface area (Å²) in [6.45, 7) is 0.948. The predicted molar refractivity (Wildman–Crippen MR) is 47.0 cm³/mol. The largest absolute Gasteiger partial charge is 0.326 e. The normalized spacial score (nSPS) is 16.8. The quantitative estimate of drug-likeness (QED) is 0.593. The Morgan fingerprint density at radius 3 is 2.62 bits per heavy atom. The van der Waals surface area contributed by atoms with Crippen molar-refractivity contribution in [1.82, 2.24) is 14.9 Å². The van der Waals surface area contributed by atoms with Crippen molar-refractivity contribution in [2.75, 3.05) is 25.2 Å². The number of likely N-dealkylation sites (N-methyl/N-ethyl adjacent to an activating group) is 1. The van der Waals surface area contributed by atoms with Gasteiger partial charge in [0.15, 0.2) is 0 Å². The summed E-state index contributed by atoms with van der Waals surface area (Å²) >= 11 is 0. The van der Waals surface area contributed by atoms with Crippen molar-refractivity contribution < 1.29 is 4.79 Å². The molecular formula is C8H10N4O. The molecule has 1 aliphatic rings. The molecule has 1 amide bonds. The van der Waals surface area contributed by atoms with Crippen molar-refractivity contribution in [3.8, 4) is 0 Å². The standard InChI is InChI=1S/C8H10N4O/c1-11-6-12(5-7(11)13)8-9-3-2-4-10-8/h2-4H,5-6H2,1H3. The van der Waals surface area contributed by atoms with E-state index in [-0.39, 0.29) is 5.91 Å². The molecule has 13 heavy (non-hydrogen) atoms. The molecule has 1 fully saturated rings. The van der Waals surface area contributed by atoms with Crippen LogP contribution in [0.15, 0.2) is 18.5 Å². The Balaban J connectivity index is 2.17. The number of carbonyl (C=O) groups is 1. The molecule has 68 valence electrons. The lowest BCUT2D eigenvalue weighted by Gasteiger charge is -2.13. The second-order valence-electron chi connectivity index (χ2n) is 2.98. The van der Waals surface area contributed by atoms with Crippen LogP contribution in [0.25, 0.3) is 0 Å². The monoisotopic (exact) mass is 178 g/mol. The van der Waals surface area contributed by atoms with Crippen LogP contribution in [0, 0.1) is 0 Å². The molecule has 0 N–H and O–H groups in total. The van der Waals surface area contributed by atoms with Crippen LogP contribution in [0.3, 0.4) is 0 Å². The molecular weight excluding hydrogens is 168 g/mol. The number of carbonyl (C=O) groups excluding carboxylic acids is 1. The smallest absolute Gasteiger partial charge is 0.243 e. The summed E-state index contributed by atoms with van der Waals surface area (Å²) in [6, 6.07) is 1.76. The fourth-order valence-corrected chi connectivity index (χ4v) is 1.26. The highest BCUT2D eigenvalue weighted by Gasteiger charge is 2.25. The van der Waals surface area contributed by atoms with Crippen LogP contribution in [-0.2, 0) is 4.79 Å². The summed E-state index contributed by atoms with van der Waals surface area (Å²) < 4.78 is 0. The predicted octanol–water partition coefficient (Wildman–Crippen LogP) is -0.288. The van der Waals surface area contributed by atoms with Crippen molar-refractivity contribution in [3.05, 3.63) is 18.5 Å². The molecule has 0 spiro atoms. The zero-order chi connectivity index (χ0) is 9.26. The van der Waals surface area contributed by atoms with E-state index in [1.54, 1.807) is 30.4 Å². The number of hydrogen-bond acceptors (Lipinski definition) is 4. The maximum absolute atomic E-state index is 11.2. The summed E-state index contributed by atoms with van der Waals surface area (Å²) in [5.74, 6) is 0.715. The third kappa shape index (κ3) is 1.44. The Bertz CT molecular complexity index is 313. The molecule has 1 aromatic heterocycles. The highest BCUT2D eigenvalue weighted by molar-refractivity contribution is 5.83. The molecule has 2 heterocycles. The average Bonchev–Trinajstić information content (AvgIpc) is 2.49. The second-order valence-corrected chi connectivity index (χ2v) is 2.98. The Kier molecular flexibility index (Phi) is 1.84. The molecule has 1 aromatic rings. The first-order valence-electron chi connectivity index (χ1n) is 4.03. The van der Waals surface area contributed by atoms with Crippen molar-refractivity contribution >= 4 is 11.9 Å². The number of amides is 1. The van der Waals surface area contributed by atoms with Gasteiger partial charge >= 0.3 is 0 Å². The van der Waals surface area contributed by atoms with Gasteiger partial charge in [-0.2, -0.15) is 0 Å². The molecule has 0 aromatic carbocycles. The van der Waals surface area contributed by atoms with Crippen LogP contribution in [0.5, 0.6) is 0 Å². The van der Waals surface area contributed by atoms with Gasteiger partial charge < -0.3 is 9.80 Å². The van der Waals surface area contributed by atoms with Gasteiger partial charge in [0, 0.05) is 19.4 Å². The summed E-state index contributed by atoms with van der Waals surface area (Å²) in [5, 5.41) is 0. The zero-order valence-corrected chi connectivity index (χ0v) is 7.34. The molecule has 0 saturated carbocycles. The molecule has 0 unspecified atom stereocenters. The topological polar surface area (TPSA) is 49.3 Å². The zero-order valence-electron chi connectivity index (χ0n) is 7.34. The third-order valence-electron chi connectivity index (χ3n) is 1.97. The Labute approximate surface area is 76.0 Å². The van der Waals surface area contributed by atoms with E-state index < -0.39 is 0 Å². The minimum absolute atomic E-state index is 0.104. The van der Waals surface area contributed by atoms with Gasteiger partial charge in [0.05, 0.1) is 6.67 Å². The minimum atomic E-state index is 0.104. The first-order chi connectivity index (χ1) is 6.27. The van der Waals surface area contributed by atoms with E-state index >= 15 is 0 Å². The molecule has 0 bridgehead atoms.